The van der Waals surface area contributed by atoms with Gasteiger partial charge in [0.2, 0.25) is 0 Å². The van der Waals surface area contributed by atoms with Crippen LogP contribution in [-0.2, 0) is 9.59 Å². The molecule has 3 amide bonds. The van der Waals surface area contributed by atoms with Gasteiger partial charge in [-0.25, -0.2) is 10.2 Å². The number of anilines is 2. The summed E-state index contributed by atoms with van der Waals surface area (Å²) in [6.07, 6.45) is 1.33. The Hall–Kier alpha value is -5.57. The predicted molar refractivity (Wildman–Crippen MR) is 148 cm³/mol. The van der Waals surface area contributed by atoms with Crippen molar-refractivity contribution in [3.05, 3.63) is 125 Å². The summed E-state index contributed by atoms with van der Waals surface area (Å²) in [5.74, 6) is -2.59. The Kier molecular flexibility index (Phi) is 8.56. The standard InChI is InChI=1S/C30H24N4O5/c1-20-11-15-22(16-12-20)30(38)39-24-17-13-21(14-18-24)19-31-34-29(37)28(36)33-26-10-6-5-9-25(26)27(35)32-23-7-3-2-4-8-23/h2-19H,1H3,(H,32,35)(H,33,36)(H,34,37). The zero-order valence-corrected chi connectivity index (χ0v) is 20.9. The molecule has 0 unspecified atom stereocenters. The molecule has 4 aromatic carbocycles. The molecule has 3 N–H and O–H groups in total. The number of para-hydroxylation sites is 2. The lowest BCUT2D eigenvalue weighted by Crippen LogP contribution is -2.33. The number of benzene rings is 4. The normalized spacial score (nSPS) is 10.5. The third-order valence-electron chi connectivity index (χ3n) is 5.42. The van der Waals surface area contributed by atoms with E-state index in [0.29, 0.717) is 22.6 Å². The molecule has 0 saturated carbocycles. The molecule has 0 saturated heterocycles. The number of hydrazone groups is 1. The zero-order valence-electron chi connectivity index (χ0n) is 20.9. The molecule has 0 aliphatic carbocycles. The van der Waals surface area contributed by atoms with Crippen LogP contribution in [0, 0.1) is 6.92 Å². The second kappa shape index (κ2) is 12.6. The number of hydrogen-bond donors (Lipinski definition) is 3. The molecule has 4 rings (SSSR count). The van der Waals surface area contributed by atoms with Crippen LogP contribution in [-0.4, -0.2) is 29.9 Å². The summed E-state index contributed by atoms with van der Waals surface area (Å²) in [4.78, 5) is 49.5. The molecular weight excluding hydrogens is 496 g/mol. The van der Waals surface area contributed by atoms with Crippen molar-refractivity contribution in [2.24, 2.45) is 5.10 Å². The van der Waals surface area contributed by atoms with Crippen molar-refractivity contribution in [1.29, 1.82) is 0 Å². The van der Waals surface area contributed by atoms with Gasteiger partial charge in [-0.3, -0.25) is 14.4 Å². The average Bonchev–Trinajstić information content (AvgIpc) is 2.95. The van der Waals surface area contributed by atoms with Crippen LogP contribution in [0.3, 0.4) is 0 Å². The maximum Gasteiger partial charge on any atom is 0.343 e. The second-order valence-electron chi connectivity index (χ2n) is 8.34. The Morgan fingerprint density at radius 2 is 1.38 bits per heavy atom. The molecule has 0 bridgehead atoms. The quantitative estimate of drug-likeness (QED) is 0.108. The molecule has 0 fully saturated rings. The summed E-state index contributed by atoms with van der Waals surface area (Å²) in [6.45, 7) is 1.93. The number of aryl methyl sites for hydroxylation is 1. The minimum Gasteiger partial charge on any atom is -0.423 e. The van der Waals surface area contributed by atoms with Crippen LogP contribution in [0.2, 0.25) is 0 Å². The minimum absolute atomic E-state index is 0.172. The molecule has 9 heteroatoms. The van der Waals surface area contributed by atoms with Crippen molar-refractivity contribution in [3.63, 3.8) is 0 Å². The topological polar surface area (TPSA) is 126 Å². The van der Waals surface area contributed by atoms with E-state index in [4.69, 9.17) is 4.74 Å². The van der Waals surface area contributed by atoms with Gasteiger partial charge >= 0.3 is 17.8 Å². The van der Waals surface area contributed by atoms with E-state index < -0.39 is 23.7 Å². The van der Waals surface area contributed by atoms with Crippen LogP contribution in [0.1, 0.15) is 31.8 Å². The summed E-state index contributed by atoms with van der Waals surface area (Å²) >= 11 is 0. The molecule has 0 heterocycles. The van der Waals surface area contributed by atoms with Crippen LogP contribution >= 0.6 is 0 Å². The van der Waals surface area contributed by atoms with E-state index in [9.17, 15) is 19.2 Å². The Labute approximate surface area is 224 Å². The van der Waals surface area contributed by atoms with Gasteiger partial charge in [0.15, 0.2) is 0 Å². The number of ether oxygens (including phenoxy) is 1. The van der Waals surface area contributed by atoms with E-state index in [2.05, 4.69) is 21.2 Å². The van der Waals surface area contributed by atoms with E-state index >= 15 is 0 Å². The van der Waals surface area contributed by atoms with E-state index in [1.807, 2.05) is 25.1 Å². The van der Waals surface area contributed by atoms with Gasteiger partial charge in [0.05, 0.1) is 23.0 Å². The highest BCUT2D eigenvalue weighted by Crippen LogP contribution is 2.18. The number of esters is 1. The van der Waals surface area contributed by atoms with E-state index in [-0.39, 0.29) is 11.3 Å². The van der Waals surface area contributed by atoms with Crippen LogP contribution in [0.4, 0.5) is 11.4 Å². The lowest BCUT2D eigenvalue weighted by molar-refractivity contribution is -0.136. The van der Waals surface area contributed by atoms with Crippen LogP contribution in [0.5, 0.6) is 5.75 Å². The first-order valence-corrected chi connectivity index (χ1v) is 11.9. The van der Waals surface area contributed by atoms with E-state index in [1.54, 1.807) is 72.8 Å². The van der Waals surface area contributed by atoms with Gasteiger partial charge in [0, 0.05) is 5.69 Å². The summed E-state index contributed by atoms with van der Waals surface area (Å²) in [7, 11) is 0. The van der Waals surface area contributed by atoms with Crippen LogP contribution in [0.15, 0.2) is 108 Å². The highest BCUT2D eigenvalue weighted by Gasteiger charge is 2.18. The maximum atomic E-state index is 12.7. The van der Waals surface area contributed by atoms with Crippen LogP contribution in [0.25, 0.3) is 0 Å². The van der Waals surface area contributed by atoms with Gasteiger partial charge in [-0.1, -0.05) is 48.0 Å². The SMILES string of the molecule is Cc1ccc(C(=O)Oc2ccc(C=NNC(=O)C(=O)Nc3ccccc3C(=O)Nc3ccccc3)cc2)cc1. The first-order valence-electron chi connectivity index (χ1n) is 11.9. The molecule has 0 aliphatic heterocycles. The summed E-state index contributed by atoms with van der Waals surface area (Å²) in [5.41, 5.74) is 5.16. The first kappa shape index (κ1) is 26.5. The molecule has 0 aliphatic rings. The predicted octanol–water partition coefficient (Wildman–Crippen LogP) is 4.56. The molecule has 9 nitrogen and oxygen atoms in total. The number of nitrogens with one attached hydrogen (secondary N) is 3. The van der Waals surface area contributed by atoms with Gasteiger partial charge in [-0.2, -0.15) is 5.10 Å². The Morgan fingerprint density at radius 3 is 2.10 bits per heavy atom. The van der Waals surface area contributed by atoms with Gasteiger partial charge in [0.1, 0.15) is 5.75 Å². The lowest BCUT2D eigenvalue weighted by atomic mass is 10.1. The fourth-order valence-corrected chi connectivity index (χ4v) is 3.38. The highest BCUT2D eigenvalue weighted by molar-refractivity contribution is 6.40. The van der Waals surface area contributed by atoms with Gasteiger partial charge in [-0.15, -0.1) is 0 Å². The fourth-order valence-electron chi connectivity index (χ4n) is 3.38. The molecule has 0 atom stereocenters. The number of hydrogen-bond acceptors (Lipinski definition) is 6. The highest BCUT2D eigenvalue weighted by atomic mass is 16.5. The van der Waals surface area contributed by atoms with Crippen molar-refractivity contribution in [2.45, 2.75) is 6.92 Å². The van der Waals surface area contributed by atoms with E-state index in [0.717, 1.165) is 5.56 Å². The van der Waals surface area contributed by atoms with Crippen molar-refractivity contribution in [2.75, 3.05) is 10.6 Å². The molecule has 194 valence electrons. The van der Waals surface area contributed by atoms with Crippen molar-refractivity contribution in [1.82, 2.24) is 5.43 Å². The van der Waals surface area contributed by atoms with Crippen LogP contribution < -0.4 is 20.8 Å². The van der Waals surface area contributed by atoms with Gasteiger partial charge in [0.25, 0.3) is 5.91 Å². The molecule has 4 aromatic rings. The molecule has 0 aromatic heterocycles. The van der Waals surface area contributed by atoms with Gasteiger partial charge < -0.3 is 15.4 Å². The summed E-state index contributed by atoms with van der Waals surface area (Å²) < 4.78 is 5.35. The zero-order chi connectivity index (χ0) is 27.6. The number of amides is 3. The largest absolute Gasteiger partial charge is 0.423 e. The Balaban J connectivity index is 1.30. The maximum absolute atomic E-state index is 12.7. The third kappa shape index (κ3) is 7.46. The Morgan fingerprint density at radius 1 is 0.718 bits per heavy atom. The monoisotopic (exact) mass is 520 g/mol. The molecule has 0 spiro atoms. The summed E-state index contributed by atoms with van der Waals surface area (Å²) in [6, 6.07) is 28.6. The Bertz CT molecular complexity index is 1520. The first-order chi connectivity index (χ1) is 18.9. The third-order valence-corrected chi connectivity index (χ3v) is 5.42. The van der Waals surface area contributed by atoms with Crippen molar-refractivity contribution < 1.29 is 23.9 Å². The van der Waals surface area contributed by atoms with Crippen molar-refractivity contribution >= 4 is 41.3 Å². The smallest absolute Gasteiger partial charge is 0.343 e. The summed E-state index contributed by atoms with van der Waals surface area (Å²) in [5, 5.41) is 8.96. The second-order valence-corrected chi connectivity index (χ2v) is 8.34. The van der Waals surface area contributed by atoms with Gasteiger partial charge in [-0.05, 0) is 73.2 Å². The average molecular weight is 521 g/mol. The molecule has 0 radical (unpaired) electrons. The van der Waals surface area contributed by atoms with E-state index in [1.165, 1.54) is 18.3 Å². The number of rotatable bonds is 7. The minimum atomic E-state index is -1.02. The number of carbonyl (C=O) groups is 4. The fraction of sp³-hybridized carbons (Fsp3) is 0.0333. The number of nitrogens with zero attached hydrogens (tertiary/aromatic N) is 1. The molecule has 39 heavy (non-hydrogen) atoms. The number of carbonyl (C=O) groups excluding carboxylic acids is 4. The van der Waals surface area contributed by atoms with Crippen molar-refractivity contribution in [3.8, 4) is 5.75 Å². The lowest BCUT2D eigenvalue weighted by Gasteiger charge is -2.11. The molecular formula is C30H24N4O5.